The average molecular weight is 465 g/mol. The van der Waals surface area contributed by atoms with Crippen LogP contribution in [0.2, 0.25) is 0 Å². The highest BCUT2D eigenvalue weighted by atomic mass is 16.7. The molecule has 0 aromatic rings. The number of epoxide rings is 2. The Morgan fingerprint density at radius 3 is 2.36 bits per heavy atom. The highest BCUT2D eigenvalue weighted by Gasteiger charge is 2.88. The molecule has 0 unspecified atom stereocenters. The molecule has 5 rings (SSSR count). The lowest BCUT2D eigenvalue weighted by Crippen LogP contribution is -2.65. The number of hydrogen-bond donors (Lipinski definition) is 1. The summed E-state index contributed by atoms with van der Waals surface area (Å²) in [6, 6.07) is 0. The zero-order chi connectivity index (χ0) is 24.1. The van der Waals surface area contributed by atoms with Crippen LogP contribution in [0.15, 0.2) is 11.6 Å². The largest absolute Gasteiger partial charge is 0.462 e. The van der Waals surface area contributed by atoms with Gasteiger partial charge in [-0.15, -0.1) is 0 Å². The van der Waals surface area contributed by atoms with E-state index in [4.69, 9.17) is 23.7 Å². The fourth-order valence-corrected chi connectivity index (χ4v) is 7.00. The third-order valence-electron chi connectivity index (χ3n) is 8.81. The lowest BCUT2D eigenvalue weighted by atomic mass is 9.54. The summed E-state index contributed by atoms with van der Waals surface area (Å²) < 4.78 is 29.4. The van der Waals surface area contributed by atoms with Gasteiger partial charge in [0.15, 0.2) is 17.3 Å². The van der Waals surface area contributed by atoms with Crippen molar-refractivity contribution in [3.05, 3.63) is 11.6 Å². The molecule has 9 nitrogen and oxygen atoms in total. The molecular formula is C24H32O9. The summed E-state index contributed by atoms with van der Waals surface area (Å²) in [7, 11) is 0. The van der Waals surface area contributed by atoms with Crippen LogP contribution in [-0.4, -0.2) is 70.3 Å². The Morgan fingerprint density at radius 1 is 1.12 bits per heavy atom. The summed E-state index contributed by atoms with van der Waals surface area (Å²) in [6.07, 6.45) is -0.283. The van der Waals surface area contributed by atoms with Gasteiger partial charge in [0.1, 0.15) is 12.2 Å². The van der Waals surface area contributed by atoms with E-state index < -0.39 is 70.5 Å². The molecule has 4 fully saturated rings. The molecular weight excluding hydrogens is 432 g/mol. The molecule has 3 saturated heterocycles. The minimum absolute atomic E-state index is 0.245. The first-order valence-electron chi connectivity index (χ1n) is 11.6. The first-order valence-corrected chi connectivity index (χ1v) is 11.6. The molecule has 0 bridgehead atoms. The number of carbonyl (C=O) groups is 3. The van der Waals surface area contributed by atoms with E-state index in [0.717, 1.165) is 5.57 Å². The zero-order valence-electron chi connectivity index (χ0n) is 19.9. The molecule has 2 aliphatic carbocycles. The fraction of sp³-hybridized carbons (Fsp3) is 0.792. The number of ether oxygens (including phenoxy) is 5. The van der Waals surface area contributed by atoms with Crippen molar-refractivity contribution in [2.45, 2.75) is 108 Å². The molecule has 1 saturated carbocycles. The van der Waals surface area contributed by atoms with Crippen LogP contribution < -0.4 is 0 Å². The van der Waals surface area contributed by atoms with Gasteiger partial charge >= 0.3 is 17.9 Å². The number of allylic oxidation sites excluding steroid dienone is 1. The lowest BCUT2D eigenvalue weighted by molar-refractivity contribution is -0.205. The number of hydrogen-bond acceptors (Lipinski definition) is 9. The summed E-state index contributed by atoms with van der Waals surface area (Å²) in [5.41, 5.74) is -3.44. The molecule has 1 spiro atoms. The van der Waals surface area contributed by atoms with Crippen LogP contribution >= 0.6 is 0 Å². The van der Waals surface area contributed by atoms with Gasteiger partial charge in [0, 0.05) is 31.6 Å². The normalized spacial score (nSPS) is 53.7. The van der Waals surface area contributed by atoms with Crippen molar-refractivity contribution in [2.24, 2.45) is 11.3 Å². The van der Waals surface area contributed by atoms with Crippen molar-refractivity contribution in [3.8, 4) is 0 Å². The summed E-state index contributed by atoms with van der Waals surface area (Å²) in [5, 5.41) is 12.1. The third kappa shape index (κ3) is 2.85. The van der Waals surface area contributed by atoms with Crippen molar-refractivity contribution in [3.63, 3.8) is 0 Å². The molecule has 0 aromatic heterocycles. The van der Waals surface area contributed by atoms with Crippen molar-refractivity contribution in [1.82, 2.24) is 0 Å². The maximum Gasteiger partial charge on any atom is 0.342 e. The van der Waals surface area contributed by atoms with E-state index in [9.17, 15) is 19.5 Å². The second-order valence-corrected chi connectivity index (χ2v) is 10.8. The summed E-state index contributed by atoms with van der Waals surface area (Å²) in [4.78, 5) is 37.0. The van der Waals surface area contributed by atoms with Crippen molar-refractivity contribution < 1.29 is 43.2 Å². The first kappa shape index (κ1) is 22.8. The molecule has 33 heavy (non-hydrogen) atoms. The van der Waals surface area contributed by atoms with Crippen LogP contribution in [0.25, 0.3) is 0 Å². The van der Waals surface area contributed by atoms with Crippen LogP contribution in [0, 0.1) is 11.3 Å². The highest BCUT2D eigenvalue weighted by Crippen LogP contribution is 2.68. The van der Waals surface area contributed by atoms with E-state index >= 15 is 0 Å². The third-order valence-corrected chi connectivity index (χ3v) is 8.81. The molecule has 5 aliphatic rings. The van der Waals surface area contributed by atoms with Crippen LogP contribution in [0.3, 0.4) is 0 Å². The topological polar surface area (TPSA) is 124 Å². The first-order chi connectivity index (χ1) is 15.3. The molecule has 0 amide bonds. The molecule has 9 heteroatoms. The lowest BCUT2D eigenvalue weighted by Gasteiger charge is -2.53. The van der Waals surface area contributed by atoms with E-state index in [2.05, 4.69) is 0 Å². The Kier molecular flexibility index (Phi) is 4.70. The monoisotopic (exact) mass is 464 g/mol. The Balaban J connectivity index is 1.69. The number of esters is 3. The second kappa shape index (κ2) is 6.79. The minimum atomic E-state index is -1.30. The van der Waals surface area contributed by atoms with Crippen LogP contribution in [0.1, 0.15) is 60.8 Å². The summed E-state index contributed by atoms with van der Waals surface area (Å²) in [5.74, 6) is -2.10. The van der Waals surface area contributed by atoms with E-state index in [1.165, 1.54) is 13.8 Å². The van der Waals surface area contributed by atoms with E-state index in [-0.39, 0.29) is 6.10 Å². The molecule has 0 aromatic carbocycles. The van der Waals surface area contributed by atoms with Gasteiger partial charge in [-0.1, -0.05) is 12.5 Å². The Morgan fingerprint density at radius 2 is 1.76 bits per heavy atom. The summed E-state index contributed by atoms with van der Waals surface area (Å²) >= 11 is 0. The number of carbonyl (C=O) groups excluding carboxylic acids is 3. The van der Waals surface area contributed by atoms with Gasteiger partial charge in [0.05, 0.1) is 17.8 Å². The Bertz CT molecular complexity index is 960. The maximum atomic E-state index is 12.7. The molecule has 3 heterocycles. The minimum Gasteiger partial charge on any atom is -0.462 e. The van der Waals surface area contributed by atoms with Crippen molar-refractivity contribution in [2.75, 3.05) is 0 Å². The van der Waals surface area contributed by atoms with Gasteiger partial charge in [-0.3, -0.25) is 9.59 Å². The number of aliphatic hydroxyl groups excluding tert-OH is 1. The average Bonchev–Trinajstić information content (AvgIpc) is 3.53. The number of fused-ring (bicyclic) bond motifs is 3. The SMILES string of the molecule is CC(=O)O[C@H]1C[C@@H]2O[C@]2(C)[C@@H]2[C@@H](O)[C@]34O[C@]3(C)C(=O)O[C@H]4/C=C(/C)CC[C@@H](OC(C)=O)[C@@]12C. The maximum absolute atomic E-state index is 12.7. The van der Waals surface area contributed by atoms with Crippen molar-refractivity contribution >= 4 is 17.9 Å². The van der Waals surface area contributed by atoms with E-state index in [1.54, 1.807) is 6.92 Å². The second-order valence-electron chi connectivity index (χ2n) is 10.8. The van der Waals surface area contributed by atoms with E-state index in [1.807, 2.05) is 26.8 Å². The molecule has 1 N–H and O–H groups in total. The smallest absolute Gasteiger partial charge is 0.342 e. The quantitative estimate of drug-likeness (QED) is 0.281. The highest BCUT2D eigenvalue weighted by molar-refractivity contribution is 5.89. The van der Waals surface area contributed by atoms with Crippen LogP contribution in [0.4, 0.5) is 0 Å². The van der Waals surface area contributed by atoms with Gasteiger partial charge in [-0.25, -0.2) is 4.79 Å². The van der Waals surface area contributed by atoms with Crippen LogP contribution in [0.5, 0.6) is 0 Å². The summed E-state index contributed by atoms with van der Waals surface area (Å²) in [6.45, 7) is 10.0. The number of rotatable bonds is 2. The van der Waals surface area contributed by atoms with Crippen molar-refractivity contribution in [1.29, 1.82) is 0 Å². The zero-order valence-corrected chi connectivity index (χ0v) is 19.9. The predicted octanol–water partition coefficient (Wildman–Crippen LogP) is 1.59. The molecule has 182 valence electrons. The van der Waals surface area contributed by atoms with Gasteiger partial charge in [0.25, 0.3) is 0 Å². The molecule has 10 atom stereocenters. The molecule has 3 aliphatic heterocycles. The van der Waals surface area contributed by atoms with Gasteiger partial charge in [0.2, 0.25) is 0 Å². The van der Waals surface area contributed by atoms with Gasteiger partial charge in [-0.2, -0.15) is 0 Å². The fourth-order valence-electron chi connectivity index (χ4n) is 7.00. The standard InChI is InChI=1S/C24H32O9/c1-11-7-8-14(29-12(2)25)21(4)15(30-13(3)26)10-16-22(5,32-16)18(21)19(27)24-17(9-11)31-20(28)23(24,6)33-24/h9,14-19,27H,7-8,10H2,1-6H3/b11-9-/t14-,15+,16+,17+,18-,19-,21+,22+,23-,24+/m1/s1. The van der Waals surface area contributed by atoms with E-state index in [0.29, 0.717) is 19.3 Å². The van der Waals surface area contributed by atoms with Crippen LogP contribution in [-0.2, 0) is 38.1 Å². The Hall–Kier alpha value is -1.97. The van der Waals surface area contributed by atoms with Gasteiger partial charge in [-0.05, 0) is 39.7 Å². The van der Waals surface area contributed by atoms with Gasteiger partial charge < -0.3 is 28.8 Å². The molecule has 0 radical (unpaired) electrons. The number of aliphatic hydroxyl groups is 1. The Labute approximate surface area is 192 Å². The predicted molar refractivity (Wildman–Crippen MR) is 112 cm³/mol.